The van der Waals surface area contributed by atoms with Gasteiger partial charge >= 0.3 is 0 Å². The van der Waals surface area contributed by atoms with Crippen LogP contribution >= 0.6 is 0 Å². The summed E-state index contributed by atoms with van der Waals surface area (Å²) in [5.41, 5.74) is 5.50. The molecule has 1 unspecified atom stereocenters. The normalized spacial score (nSPS) is 13.1. The van der Waals surface area contributed by atoms with Crippen LogP contribution in [-0.4, -0.2) is 56.0 Å². The van der Waals surface area contributed by atoms with Gasteiger partial charge in [0.1, 0.15) is 0 Å². The molecule has 0 spiro atoms. The lowest BCUT2D eigenvalue weighted by atomic mass is 10.2. The third-order valence-electron chi connectivity index (χ3n) is 2.17. The van der Waals surface area contributed by atoms with Gasteiger partial charge in [0.15, 0.2) is 0 Å². The summed E-state index contributed by atoms with van der Waals surface area (Å²) in [5, 5.41) is 8.81. The minimum atomic E-state index is 0.112. The van der Waals surface area contributed by atoms with Gasteiger partial charge in [-0.05, 0) is 6.42 Å². The van der Waals surface area contributed by atoms with E-state index >= 15 is 0 Å². The van der Waals surface area contributed by atoms with E-state index in [0.717, 1.165) is 19.5 Å². The molecule has 0 saturated carbocycles. The lowest BCUT2D eigenvalue weighted by Gasteiger charge is -2.21. The van der Waals surface area contributed by atoms with Gasteiger partial charge in [-0.15, -0.1) is 6.58 Å². The second-order valence-corrected chi connectivity index (χ2v) is 3.19. The molecule has 4 nitrogen and oxygen atoms in total. The summed E-state index contributed by atoms with van der Waals surface area (Å²) >= 11 is 0. The van der Waals surface area contributed by atoms with Crippen LogP contribution in [0.4, 0.5) is 0 Å². The number of nitrogens with two attached hydrogens (primary N) is 1. The Morgan fingerprint density at radius 3 is 2.71 bits per heavy atom. The Hall–Kier alpha value is -0.420. The van der Waals surface area contributed by atoms with Crippen molar-refractivity contribution in [2.75, 3.05) is 39.9 Å². The Morgan fingerprint density at radius 2 is 2.29 bits per heavy atom. The van der Waals surface area contributed by atoms with E-state index in [0.29, 0.717) is 13.1 Å². The number of hydrogen-bond acceptors (Lipinski definition) is 4. The molecule has 0 aromatic rings. The molecule has 0 fully saturated rings. The van der Waals surface area contributed by atoms with E-state index in [2.05, 4.69) is 11.5 Å². The van der Waals surface area contributed by atoms with Crippen LogP contribution in [-0.2, 0) is 4.74 Å². The fourth-order valence-electron chi connectivity index (χ4n) is 1.28. The standard InChI is InChI=1S/C10H22N2O2/c1-3-5-12(7-8-13)6-4-10(9-11)14-2/h3,10,13H,1,4-9,11H2,2H3. The number of hydrogen-bond donors (Lipinski definition) is 2. The molecule has 1 atom stereocenters. The number of aliphatic hydroxyl groups is 1. The molecule has 0 aliphatic carbocycles. The number of methoxy groups -OCH3 is 1. The van der Waals surface area contributed by atoms with E-state index < -0.39 is 0 Å². The molecule has 14 heavy (non-hydrogen) atoms. The van der Waals surface area contributed by atoms with E-state index in [-0.39, 0.29) is 12.7 Å². The van der Waals surface area contributed by atoms with Crippen molar-refractivity contribution in [2.45, 2.75) is 12.5 Å². The highest BCUT2D eigenvalue weighted by Crippen LogP contribution is 1.98. The zero-order valence-corrected chi connectivity index (χ0v) is 8.98. The first-order valence-corrected chi connectivity index (χ1v) is 4.95. The summed E-state index contributed by atoms with van der Waals surface area (Å²) in [6, 6.07) is 0. The third-order valence-corrected chi connectivity index (χ3v) is 2.17. The molecule has 0 aliphatic heterocycles. The van der Waals surface area contributed by atoms with E-state index in [1.54, 1.807) is 7.11 Å². The van der Waals surface area contributed by atoms with Gasteiger partial charge in [0.25, 0.3) is 0 Å². The summed E-state index contributed by atoms with van der Waals surface area (Å²) in [6.07, 6.45) is 2.84. The zero-order valence-electron chi connectivity index (χ0n) is 8.98. The van der Waals surface area contributed by atoms with Crippen molar-refractivity contribution in [1.82, 2.24) is 4.90 Å². The molecule has 0 saturated heterocycles. The topological polar surface area (TPSA) is 58.7 Å². The SMILES string of the molecule is C=CCN(CCO)CCC(CN)OC. The highest BCUT2D eigenvalue weighted by atomic mass is 16.5. The molecular weight excluding hydrogens is 180 g/mol. The predicted octanol–water partition coefficient (Wildman–Crippen LogP) is -0.169. The van der Waals surface area contributed by atoms with Crippen molar-refractivity contribution in [3.63, 3.8) is 0 Å². The van der Waals surface area contributed by atoms with Gasteiger partial charge in [0, 0.05) is 33.3 Å². The van der Waals surface area contributed by atoms with E-state index in [9.17, 15) is 0 Å². The van der Waals surface area contributed by atoms with Crippen molar-refractivity contribution >= 4 is 0 Å². The van der Waals surface area contributed by atoms with Crippen molar-refractivity contribution in [3.8, 4) is 0 Å². The first-order chi connectivity index (χ1) is 6.78. The maximum absolute atomic E-state index is 8.81. The maximum atomic E-state index is 8.81. The minimum absolute atomic E-state index is 0.112. The molecular formula is C10H22N2O2. The Bertz CT molecular complexity index is 138. The number of rotatable bonds is 9. The third kappa shape index (κ3) is 6.10. The fraction of sp³-hybridized carbons (Fsp3) is 0.800. The predicted molar refractivity (Wildman–Crippen MR) is 58.2 cm³/mol. The molecule has 0 radical (unpaired) electrons. The Kier molecular flexibility index (Phi) is 8.87. The summed E-state index contributed by atoms with van der Waals surface area (Å²) < 4.78 is 5.17. The summed E-state index contributed by atoms with van der Waals surface area (Å²) in [6.45, 7) is 6.73. The van der Waals surface area contributed by atoms with Crippen LogP contribution in [0, 0.1) is 0 Å². The Morgan fingerprint density at radius 1 is 1.57 bits per heavy atom. The minimum Gasteiger partial charge on any atom is -0.395 e. The first kappa shape index (κ1) is 13.6. The average Bonchev–Trinajstić information content (AvgIpc) is 2.20. The Labute approximate surface area is 86.3 Å². The maximum Gasteiger partial charge on any atom is 0.0705 e. The van der Waals surface area contributed by atoms with Gasteiger partial charge in [0.05, 0.1) is 12.7 Å². The summed E-state index contributed by atoms with van der Waals surface area (Å²) in [5.74, 6) is 0. The lowest BCUT2D eigenvalue weighted by molar-refractivity contribution is 0.0880. The van der Waals surface area contributed by atoms with E-state index in [1.165, 1.54) is 0 Å². The fourth-order valence-corrected chi connectivity index (χ4v) is 1.28. The van der Waals surface area contributed by atoms with Crippen LogP contribution in [0.3, 0.4) is 0 Å². The van der Waals surface area contributed by atoms with Crippen LogP contribution < -0.4 is 5.73 Å². The number of aliphatic hydroxyl groups excluding tert-OH is 1. The van der Waals surface area contributed by atoms with Crippen LogP contribution in [0.2, 0.25) is 0 Å². The van der Waals surface area contributed by atoms with E-state index in [4.69, 9.17) is 15.6 Å². The molecule has 4 heteroatoms. The largest absolute Gasteiger partial charge is 0.395 e. The molecule has 84 valence electrons. The van der Waals surface area contributed by atoms with Crippen molar-refractivity contribution < 1.29 is 9.84 Å². The average molecular weight is 202 g/mol. The number of nitrogens with zero attached hydrogens (tertiary/aromatic N) is 1. The van der Waals surface area contributed by atoms with Crippen molar-refractivity contribution in [3.05, 3.63) is 12.7 Å². The highest BCUT2D eigenvalue weighted by Gasteiger charge is 2.07. The summed E-state index contributed by atoms with van der Waals surface area (Å²) in [4.78, 5) is 2.12. The van der Waals surface area contributed by atoms with Gasteiger partial charge in [0.2, 0.25) is 0 Å². The lowest BCUT2D eigenvalue weighted by Crippen LogP contribution is -2.33. The molecule has 3 N–H and O–H groups in total. The summed E-state index contributed by atoms with van der Waals surface area (Å²) in [7, 11) is 1.67. The van der Waals surface area contributed by atoms with Gasteiger partial charge < -0.3 is 15.6 Å². The monoisotopic (exact) mass is 202 g/mol. The van der Waals surface area contributed by atoms with Gasteiger partial charge in [-0.25, -0.2) is 0 Å². The van der Waals surface area contributed by atoms with Crippen LogP contribution in [0.25, 0.3) is 0 Å². The molecule has 0 aliphatic rings. The Balaban J connectivity index is 3.72. The number of ether oxygens (including phenoxy) is 1. The van der Waals surface area contributed by atoms with Gasteiger partial charge in [-0.2, -0.15) is 0 Å². The molecule has 0 aromatic carbocycles. The quantitative estimate of drug-likeness (QED) is 0.510. The molecule has 0 heterocycles. The highest BCUT2D eigenvalue weighted by molar-refractivity contribution is 4.74. The molecule has 0 rings (SSSR count). The van der Waals surface area contributed by atoms with Crippen LogP contribution in [0.5, 0.6) is 0 Å². The van der Waals surface area contributed by atoms with Gasteiger partial charge in [-0.3, -0.25) is 4.90 Å². The first-order valence-electron chi connectivity index (χ1n) is 4.95. The van der Waals surface area contributed by atoms with Crippen LogP contribution in [0.1, 0.15) is 6.42 Å². The molecule has 0 amide bonds. The zero-order chi connectivity index (χ0) is 10.8. The molecule has 0 aromatic heterocycles. The van der Waals surface area contributed by atoms with Gasteiger partial charge in [-0.1, -0.05) is 6.08 Å². The second kappa shape index (κ2) is 9.15. The molecule has 0 bridgehead atoms. The van der Waals surface area contributed by atoms with Crippen LogP contribution in [0.15, 0.2) is 12.7 Å². The smallest absolute Gasteiger partial charge is 0.0705 e. The van der Waals surface area contributed by atoms with Crippen molar-refractivity contribution in [1.29, 1.82) is 0 Å². The van der Waals surface area contributed by atoms with E-state index in [1.807, 2.05) is 6.08 Å². The van der Waals surface area contributed by atoms with Crippen molar-refractivity contribution in [2.24, 2.45) is 5.73 Å². The second-order valence-electron chi connectivity index (χ2n) is 3.19.